The van der Waals surface area contributed by atoms with Gasteiger partial charge in [-0.15, -0.1) is 0 Å². The van der Waals surface area contributed by atoms with E-state index in [0.717, 1.165) is 19.3 Å². The number of likely N-dealkylation sites (tertiary alicyclic amines) is 1. The van der Waals surface area contributed by atoms with Crippen LogP contribution in [0.5, 0.6) is 0 Å². The number of hydrogen-bond acceptors (Lipinski definition) is 6. The summed E-state index contributed by atoms with van der Waals surface area (Å²) in [6.07, 6.45) is 2.42. The molecule has 2 fully saturated rings. The Hall–Kier alpha value is -1.68. The first-order chi connectivity index (χ1) is 14.6. The molecular weight excluding hydrogens is 444 g/mol. The summed E-state index contributed by atoms with van der Waals surface area (Å²) in [5, 5.41) is 0.0153. The molecule has 3 unspecified atom stereocenters. The van der Waals surface area contributed by atoms with Crippen LogP contribution in [-0.2, 0) is 24.3 Å². The molecule has 0 bridgehead atoms. The van der Waals surface area contributed by atoms with E-state index in [9.17, 15) is 18.0 Å². The Kier molecular flexibility index (Phi) is 7.62. The average molecular weight is 473 g/mol. The Bertz CT molecular complexity index is 928. The normalized spacial score (nSPS) is 25.3. The Labute approximate surface area is 188 Å². The lowest BCUT2D eigenvalue weighted by Gasteiger charge is -2.34. The van der Waals surface area contributed by atoms with Crippen molar-refractivity contribution in [2.75, 3.05) is 26.2 Å². The number of hydrogen-bond donors (Lipinski definition) is 0. The van der Waals surface area contributed by atoms with Crippen molar-refractivity contribution in [2.24, 2.45) is 0 Å². The number of carbonyl (C=O) groups is 2. The highest BCUT2D eigenvalue weighted by Gasteiger charge is 2.34. The van der Waals surface area contributed by atoms with Crippen LogP contribution in [0.3, 0.4) is 0 Å². The maximum atomic E-state index is 13.2. The van der Waals surface area contributed by atoms with Crippen LogP contribution in [0.1, 0.15) is 50.4 Å². The molecule has 172 valence electrons. The van der Waals surface area contributed by atoms with E-state index in [1.165, 1.54) is 22.5 Å². The quantitative estimate of drug-likeness (QED) is 0.612. The molecule has 2 heterocycles. The highest BCUT2D eigenvalue weighted by molar-refractivity contribution is 7.89. The zero-order valence-corrected chi connectivity index (χ0v) is 19.6. The summed E-state index contributed by atoms with van der Waals surface area (Å²) in [5.41, 5.74) is 0.0248. The Morgan fingerprint density at radius 2 is 1.84 bits per heavy atom. The first-order valence-corrected chi connectivity index (χ1v) is 12.3. The number of piperidine rings is 1. The van der Waals surface area contributed by atoms with Crippen molar-refractivity contribution in [1.82, 2.24) is 9.21 Å². The molecule has 1 amide bonds. The minimum absolute atomic E-state index is 0.0153. The minimum Gasteiger partial charge on any atom is -0.452 e. The topological polar surface area (TPSA) is 93.2 Å². The van der Waals surface area contributed by atoms with Crippen LogP contribution in [0.4, 0.5) is 0 Å². The predicted molar refractivity (Wildman–Crippen MR) is 116 cm³/mol. The van der Waals surface area contributed by atoms with Crippen LogP contribution >= 0.6 is 11.6 Å². The van der Waals surface area contributed by atoms with E-state index in [1.54, 1.807) is 18.7 Å². The number of esters is 1. The molecule has 0 N–H and O–H groups in total. The fraction of sp³-hybridized carbons (Fsp3) is 0.619. The van der Waals surface area contributed by atoms with E-state index in [-0.39, 0.29) is 59.3 Å². The standard InChI is InChI=1S/C21H29ClN2O6S/c1-14-6-4-5-9-24(14)20(25)13-29-21(26)17-7-8-18(22)19(10-17)31(27,28)23-11-15(2)30-16(3)12-23/h7-8,10,14-16H,4-6,9,11-13H2,1-3H3. The first-order valence-electron chi connectivity index (χ1n) is 10.5. The number of rotatable bonds is 5. The van der Waals surface area contributed by atoms with Gasteiger partial charge < -0.3 is 14.4 Å². The predicted octanol–water partition coefficient (Wildman–Crippen LogP) is 2.70. The van der Waals surface area contributed by atoms with Gasteiger partial charge in [0, 0.05) is 25.7 Å². The highest BCUT2D eigenvalue weighted by atomic mass is 35.5. The van der Waals surface area contributed by atoms with Gasteiger partial charge in [-0.1, -0.05) is 11.6 Å². The molecule has 0 aliphatic carbocycles. The van der Waals surface area contributed by atoms with Crippen molar-refractivity contribution >= 4 is 33.5 Å². The van der Waals surface area contributed by atoms with Crippen molar-refractivity contribution in [3.8, 4) is 0 Å². The van der Waals surface area contributed by atoms with Crippen molar-refractivity contribution in [2.45, 2.75) is 63.2 Å². The number of nitrogens with zero attached hydrogens (tertiary/aromatic N) is 2. The fourth-order valence-corrected chi connectivity index (χ4v) is 6.15. The van der Waals surface area contributed by atoms with E-state index in [1.807, 2.05) is 6.92 Å². The number of sulfonamides is 1. The first kappa shape index (κ1) is 24.0. The Morgan fingerprint density at radius 3 is 2.48 bits per heavy atom. The number of ether oxygens (including phenoxy) is 2. The van der Waals surface area contributed by atoms with Gasteiger partial charge in [-0.2, -0.15) is 4.31 Å². The molecule has 10 heteroatoms. The van der Waals surface area contributed by atoms with Gasteiger partial charge >= 0.3 is 5.97 Å². The molecular formula is C21H29ClN2O6S. The van der Waals surface area contributed by atoms with Crippen LogP contribution in [0.25, 0.3) is 0 Å². The largest absolute Gasteiger partial charge is 0.452 e. The molecule has 2 aliphatic rings. The number of benzene rings is 1. The molecule has 0 radical (unpaired) electrons. The van der Waals surface area contributed by atoms with Gasteiger partial charge in [0.1, 0.15) is 4.90 Å². The molecule has 1 aromatic rings. The molecule has 2 aliphatic heterocycles. The van der Waals surface area contributed by atoms with Gasteiger partial charge in [0.15, 0.2) is 6.61 Å². The van der Waals surface area contributed by atoms with Crippen LogP contribution in [-0.4, -0.2) is 74.0 Å². The van der Waals surface area contributed by atoms with Gasteiger partial charge in [0.25, 0.3) is 5.91 Å². The van der Waals surface area contributed by atoms with E-state index in [4.69, 9.17) is 21.1 Å². The van der Waals surface area contributed by atoms with Crippen molar-refractivity contribution < 1.29 is 27.5 Å². The third-order valence-electron chi connectivity index (χ3n) is 5.62. The van der Waals surface area contributed by atoms with Gasteiger partial charge in [0.05, 0.1) is 22.8 Å². The molecule has 31 heavy (non-hydrogen) atoms. The number of amides is 1. The van der Waals surface area contributed by atoms with E-state index in [2.05, 4.69) is 0 Å². The number of halogens is 1. The fourth-order valence-electron chi connectivity index (χ4n) is 4.06. The maximum absolute atomic E-state index is 13.2. The van der Waals surface area contributed by atoms with Crippen LogP contribution < -0.4 is 0 Å². The summed E-state index contributed by atoms with van der Waals surface area (Å²) >= 11 is 6.17. The SMILES string of the molecule is CC1CN(S(=O)(=O)c2cc(C(=O)OCC(=O)N3CCCCC3C)ccc2Cl)CC(C)O1. The third kappa shape index (κ3) is 5.58. The maximum Gasteiger partial charge on any atom is 0.338 e. The zero-order valence-electron chi connectivity index (χ0n) is 18.0. The Morgan fingerprint density at radius 1 is 1.16 bits per heavy atom. The summed E-state index contributed by atoms with van der Waals surface area (Å²) in [5.74, 6) is -1.02. The summed E-state index contributed by atoms with van der Waals surface area (Å²) in [6, 6.07) is 4.07. The van der Waals surface area contributed by atoms with Crippen molar-refractivity contribution in [3.05, 3.63) is 28.8 Å². The summed E-state index contributed by atoms with van der Waals surface area (Å²) in [6.45, 7) is 6.23. The smallest absolute Gasteiger partial charge is 0.338 e. The molecule has 8 nitrogen and oxygen atoms in total. The Balaban J connectivity index is 1.72. The zero-order chi connectivity index (χ0) is 22.8. The van der Waals surface area contributed by atoms with Crippen LogP contribution in [0.2, 0.25) is 5.02 Å². The lowest BCUT2D eigenvalue weighted by Crippen LogP contribution is -2.48. The van der Waals surface area contributed by atoms with Gasteiger partial charge in [0.2, 0.25) is 10.0 Å². The monoisotopic (exact) mass is 472 g/mol. The van der Waals surface area contributed by atoms with E-state index < -0.39 is 16.0 Å². The number of carbonyl (C=O) groups excluding carboxylic acids is 2. The second-order valence-corrected chi connectivity index (χ2v) is 10.5. The molecule has 3 rings (SSSR count). The molecule has 1 aromatic carbocycles. The second-order valence-electron chi connectivity index (χ2n) is 8.23. The molecule has 3 atom stereocenters. The lowest BCUT2D eigenvalue weighted by atomic mass is 10.0. The van der Waals surface area contributed by atoms with Gasteiger partial charge in [-0.25, -0.2) is 13.2 Å². The molecule has 2 saturated heterocycles. The highest BCUT2D eigenvalue weighted by Crippen LogP contribution is 2.28. The summed E-state index contributed by atoms with van der Waals surface area (Å²) in [4.78, 5) is 26.5. The van der Waals surface area contributed by atoms with Crippen molar-refractivity contribution in [1.29, 1.82) is 0 Å². The van der Waals surface area contributed by atoms with Gasteiger partial charge in [-0.3, -0.25) is 4.79 Å². The van der Waals surface area contributed by atoms with Gasteiger partial charge in [-0.05, 0) is 58.2 Å². The molecule has 0 spiro atoms. The van der Waals surface area contributed by atoms with Crippen LogP contribution in [0, 0.1) is 0 Å². The summed E-state index contributed by atoms with van der Waals surface area (Å²) < 4.78 is 38.4. The summed E-state index contributed by atoms with van der Waals surface area (Å²) in [7, 11) is -3.93. The van der Waals surface area contributed by atoms with Crippen molar-refractivity contribution in [3.63, 3.8) is 0 Å². The van der Waals surface area contributed by atoms with E-state index in [0.29, 0.717) is 6.54 Å². The van der Waals surface area contributed by atoms with E-state index >= 15 is 0 Å². The molecule has 0 saturated carbocycles. The lowest BCUT2D eigenvalue weighted by molar-refractivity contribution is -0.137. The minimum atomic E-state index is -3.93. The average Bonchev–Trinajstić information content (AvgIpc) is 2.71. The number of morpholine rings is 1. The molecule has 0 aromatic heterocycles. The van der Waals surface area contributed by atoms with Crippen LogP contribution in [0.15, 0.2) is 23.1 Å². The second kappa shape index (κ2) is 9.85. The third-order valence-corrected chi connectivity index (χ3v) is 7.93.